The summed E-state index contributed by atoms with van der Waals surface area (Å²) in [6.45, 7) is 3.74. The Kier molecular flexibility index (Phi) is 5.90. The first-order chi connectivity index (χ1) is 11.1. The zero-order valence-corrected chi connectivity index (χ0v) is 12.5. The maximum Gasteiger partial charge on any atom is 0.330 e. The quantitative estimate of drug-likeness (QED) is 0.458. The molecule has 2 rings (SSSR count). The van der Waals surface area contributed by atoms with Crippen molar-refractivity contribution in [1.82, 2.24) is 9.55 Å². The van der Waals surface area contributed by atoms with Gasteiger partial charge in [0.25, 0.3) is 5.56 Å². The van der Waals surface area contributed by atoms with E-state index in [1.165, 1.54) is 10.8 Å². The standard InChI is InChI=1S/C15H19N3O5/c1-2-6-22-11-7-13(23-12(11)9-19)18-8-10(4-3-5-16)14(20)17-15(18)21/h2,8,11-13,19H,1,5-7,9,16H2,(H,17,20,21)/t11?,12-,13-/m0/s1. The molecule has 1 aliphatic rings. The smallest absolute Gasteiger partial charge is 0.330 e. The molecule has 8 heteroatoms. The zero-order chi connectivity index (χ0) is 16.8. The van der Waals surface area contributed by atoms with E-state index in [1.807, 2.05) is 0 Å². The summed E-state index contributed by atoms with van der Waals surface area (Å²) >= 11 is 0. The Morgan fingerprint density at radius 2 is 2.39 bits per heavy atom. The van der Waals surface area contributed by atoms with Crippen molar-refractivity contribution in [2.45, 2.75) is 24.9 Å². The van der Waals surface area contributed by atoms with Crippen LogP contribution in [0.15, 0.2) is 28.4 Å². The number of aromatic amines is 1. The highest BCUT2D eigenvalue weighted by molar-refractivity contribution is 5.29. The molecular weight excluding hydrogens is 302 g/mol. The summed E-state index contributed by atoms with van der Waals surface area (Å²) in [5.41, 5.74) is 4.21. The number of hydrogen-bond donors (Lipinski definition) is 3. The average Bonchev–Trinajstić information content (AvgIpc) is 2.95. The fourth-order valence-electron chi connectivity index (χ4n) is 2.34. The molecule has 3 atom stereocenters. The Morgan fingerprint density at radius 1 is 1.61 bits per heavy atom. The zero-order valence-electron chi connectivity index (χ0n) is 12.5. The molecule has 1 fully saturated rings. The molecule has 23 heavy (non-hydrogen) atoms. The molecule has 8 nitrogen and oxygen atoms in total. The van der Waals surface area contributed by atoms with Gasteiger partial charge in [-0.3, -0.25) is 14.3 Å². The summed E-state index contributed by atoms with van der Waals surface area (Å²) in [5, 5.41) is 9.37. The normalized spacial score (nSPS) is 23.3. The number of H-pyrrole nitrogens is 1. The molecule has 124 valence electrons. The van der Waals surface area contributed by atoms with Gasteiger partial charge in [-0.2, -0.15) is 0 Å². The molecule has 0 aromatic carbocycles. The summed E-state index contributed by atoms with van der Waals surface area (Å²) in [5.74, 6) is 5.17. The number of ether oxygens (including phenoxy) is 2. The number of nitrogens with two attached hydrogens (primary N) is 1. The third-order valence-electron chi connectivity index (χ3n) is 3.39. The Labute approximate surface area is 132 Å². The van der Waals surface area contributed by atoms with Gasteiger partial charge in [0, 0.05) is 12.6 Å². The van der Waals surface area contributed by atoms with Crippen molar-refractivity contribution < 1.29 is 14.6 Å². The number of aliphatic hydroxyl groups is 1. The van der Waals surface area contributed by atoms with Crippen molar-refractivity contribution in [2.24, 2.45) is 5.73 Å². The first kappa shape index (κ1) is 17.2. The minimum Gasteiger partial charge on any atom is -0.394 e. The lowest BCUT2D eigenvalue weighted by Gasteiger charge is -2.15. The first-order valence-corrected chi connectivity index (χ1v) is 7.14. The highest BCUT2D eigenvalue weighted by Gasteiger charge is 2.37. The van der Waals surface area contributed by atoms with Gasteiger partial charge in [-0.15, -0.1) is 6.58 Å². The van der Waals surface area contributed by atoms with Gasteiger partial charge in [0.2, 0.25) is 0 Å². The van der Waals surface area contributed by atoms with Gasteiger partial charge < -0.3 is 20.3 Å². The molecule has 0 radical (unpaired) electrons. The molecule has 4 N–H and O–H groups in total. The number of aliphatic hydroxyl groups excluding tert-OH is 1. The largest absolute Gasteiger partial charge is 0.394 e. The van der Waals surface area contributed by atoms with Crippen LogP contribution in [-0.2, 0) is 9.47 Å². The summed E-state index contributed by atoms with van der Waals surface area (Å²) in [6, 6.07) is 0. The van der Waals surface area contributed by atoms with E-state index >= 15 is 0 Å². The Balaban J connectivity index is 2.29. The van der Waals surface area contributed by atoms with Crippen LogP contribution in [0.25, 0.3) is 0 Å². The van der Waals surface area contributed by atoms with Gasteiger partial charge in [0.1, 0.15) is 17.9 Å². The van der Waals surface area contributed by atoms with E-state index in [2.05, 4.69) is 23.4 Å². The first-order valence-electron chi connectivity index (χ1n) is 7.14. The molecule has 1 aromatic heterocycles. The summed E-state index contributed by atoms with van der Waals surface area (Å²) in [7, 11) is 0. The molecule has 2 heterocycles. The van der Waals surface area contributed by atoms with Gasteiger partial charge in [0.05, 0.1) is 25.9 Å². The van der Waals surface area contributed by atoms with E-state index < -0.39 is 23.6 Å². The van der Waals surface area contributed by atoms with E-state index in [1.54, 1.807) is 6.08 Å². The minimum atomic E-state index is -0.662. The second kappa shape index (κ2) is 7.89. The van der Waals surface area contributed by atoms with Crippen LogP contribution in [0.4, 0.5) is 0 Å². The van der Waals surface area contributed by atoms with Gasteiger partial charge >= 0.3 is 5.69 Å². The Morgan fingerprint density at radius 3 is 3.04 bits per heavy atom. The van der Waals surface area contributed by atoms with E-state index in [9.17, 15) is 14.7 Å². The predicted molar refractivity (Wildman–Crippen MR) is 82.8 cm³/mol. The number of rotatable bonds is 5. The lowest BCUT2D eigenvalue weighted by atomic mass is 10.2. The van der Waals surface area contributed by atoms with Gasteiger partial charge in [-0.1, -0.05) is 17.9 Å². The van der Waals surface area contributed by atoms with Crippen molar-refractivity contribution in [3.63, 3.8) is 0 Å². The molecule has 0 spiro atoms. The van der Waals surface area contributed by atoms with Crippen LogP contribution in [0.2, 0.25) is 0 Å². The molecule has 0 aliphatic carbocycles. The van der Waals surface area contributed by atoms with Crippen molar-refractivity contribution >= 4 is 0 Å². The molecule has 1 aliphatic heterocycles. The maximum absolute atomic E-state index is 12.0. The van der Waals surface area contributed by atoms with Crippen LogP contribution >= 0.6 is 0 Å². The van der Waals surface area contributed by atoms with E-state index in [0.29, 0.717) is 13.0 Å². The highest BCUT2D eigenvalue weighted by atomic mass is 16.6. The SMILES string of the molecule is C=CCOC1C[C@@H](n2cc(C#CCN)c(=O)[nH]c2=O)O[C@H]1CO. The lowest BCUT2D eigenvalue weighted by molar-refractivity contribution is -0.0582. The fraction of sp³-hybridized carbons (Fsp3) is 0.467. The number of nitrogens with zero attached hydrogens (tertiary/aromatic N) is 1. The van der Waals surface area contributed by atoms with Gasteiger partial charge in [-0.25, -0.2) is 4.79 Å². The third-order valence-corrected chi connectivity index (χ3v) is 3.39. The minimum absolute atomic E-state index is 0.0998. The van der Waals surface area contributed by atoms with Crippen LogP contribution < -0.4 is 17.0 Å². The molecular formula is C15H19N3O5. The number of nitrogens with one attached hydrogen (secondary N) is 1. The molecule has 1 unspecified atom stereocenters. The summed E-state index contributed by atoms with van der Waals surface area (Å²) in [4.78, 5) is 25.9. The third kappa shape index (κ3) is 3.97. The monoisotopic (exact) mass is 321 g/mol. The van der Waals surface area contributed by atoms with Crippen LogP contribution in [-0.4, -0.2) is 46.6 Å². The predicted octanol–water partition coefficient (Wildman–Crippen LogP) is -1.30. The molecule has 0 amide bonds. The van der Waals surface area contributed by atoms with Crippen LogP contribution in [0.5, 0.6) is 0 Å². The summed E-state index contributed by atoms with van der Waals surface area (Å²) in [6.07, 6.45) is 1.68. The van der Waals surface area contributed by atoms with E-state index in [-0.39, 0.29) is 24.8 Å². The Hall–Kier alpha value is -2.18. The maximum atomic E-state index is 12.0. The van der Waals surface area contributed by atoms with Crippen LogP contribution in [0, 0.1) is 11.8 Å². The van der Waals surface area contributed by atoms with Crippen molar-refractivity contribution in [1.29, 1.82) is 0 Å². The second-order valence-corrected chi connectivity index (χ2v) is 4.92. The lowest BCUT2D eigenvalue weighted by Crippen LogP contribution is -2.33. The van der Waals surface area contributed by atoms with Gasteiger partial charge in [0.15, 0.2) is 0 Å². The van der Waals surface area contributed by atoms with E-state index in [4.69, 9.17) is 15.2 Å². The number of hydrogen-bond acceptors (Lipinski definition) is 6. The molecule has 0 saturated carbocycles. The van der Waals surface area contributed by atoms with Crippen LogP contribution in [0.3, 0.4) is 0 Å². The molecule has 0 bridgehead atoms. The van der Waals surface area contributed by atoms with Crippen molar-refractivity contribution in [3.8, 4) is 11.8 Å². The average molecular weight is 321 g/mol. The number of aromatic nitrogens is 2. The fourth-order valence-corrected chi connectivity index (χ4v) is 2.34. The topological polar surface area (TPSA) is 120 Å². The molecule has 1 saturated heterocycles. The Bertz CT molecular complexity index is 727. The second-order valence-electron chi connectivity index (χ2n) is 4.92. The van der Waals surface area contributed by atoms with Gasteiger partial charge in [-0.05, 0) is 0 Å². The summed E-state index contributed by atoms with van der Waals surface area (Å²) < 4.78 is 12.4. The molecule has 1 aromatic rings. The van der Waals surface area contributed by atoms with Crippen molar-refractivity contribution in [3.05, 3.63) is 45.3 Å². The van der Waals surface area contributed by atoms with Crippen LogP contribution in [0.1, 0.15) is 18.2 Å². The highest BCUT2D eigenvalue weighted by Crippen LogP contribution is 2.29. The van der Waals surface area contributed by atoms with E-state index in [0.717, 1.165) is 0 Å². The van der Waals surface area contributed by atoms with Crippen molar-refractivity contribution in [2.75, 3.05) is 19.8 Å².